The van der Waals surface area contributed by atoms with Gasteiger partial charge >= 0.3 is 0 Å². The van der Waals surface area contributed by atoms with Gasteiger partial charge in [0.2, 0.25) is 5.91 Å². The zero-order valence-corrected chi connectivity index (χ0v) is 17.0. The molecule has 0 radical (unpaired) electrons. The number of anilines is 2. The summed E-state index contributed by atoms with van der Waals surface area (Å²) >= 11 is 5.85. The molecule has 8 nitrogen and oxygen atoms in total. The highest BCUT2D eigenvalue weighted by Gasteiger charge is 2.27. The second-order valence-electron chi connectivity index (χ2n) is 6.16. The predicted molar refractivity (Wildman–Crippen MR) is 114 cm³/mol. The Bertz CT molecular complexity index is 1170. The van der Waals surface area contributed by atoms with E-state index in [2.05, 4.69) is 5.32 Å². The second-order valence-corrected chi connectivity index (χ2v) is 8.46. The van der Waals surface area contributed by atoms with Crippen LogP contribution in [0.25, 0.3) is 0 Å². The first-order valence-electron chi connectivity index (χ1n) is 8.65. The summed E-state index contributed by atoms with van der Waals surface area (Å²) in [5.74, 6) is -0.656. The molecule has 0 fully saturated rings. The Labute approximate surface area is 177 Å². The molecule has 0 atom stereocenters. The number of nitro benzene ring substituents is 1. The van der Waals surface area contributed by atoms with Crippen molar-refractivity contribution in [3.05, 3.63) is 94.0 Å². The first-order chi connectivity index (χ1) is 14.3. The Morgan fingerprint density at radius 2 is 1.67 bits per heavy atom. The number of nitro groups is 1. The Morgan fingerprint density at radius 3 is 2.30 bits per heavy atom. The quantitative estimate of drug-likeness (QED) is 0.435. The van der Waals surface area contributed by atoms with Crippen molar-refractivity contribution in [1.82, 2.24) is 0 Å². The van der Waals surface area contributed by atoms with E-state index in [1.807, 2.05) is 0 Å². The van der Waals surface area contributed by atoms with Gasteiger partial charge in [-0.15, -0.1) is 0 Å². The van der Waals surface area contributed by atoms with Gasteiger partial charge in [-0.3, -0.25) is 19.2 Å². The number of hydrogen-bond acceptors (Lipinski definition) is 5. The number of sulfonamides is 1. The number of para-hydroxylation sites is 1. The van der Waals surface area contributed by atoms with Crippen LogP contribution >= 0.6 is 11.6 Å². The lowest BCUT2D eigenvalue weighted by atomic mass is 10.3. The third-order valence-electron chi connectivity index (χ3n) is 4.07. The van der Waals surface area contributed by atoms with Gasteiger partial charge in [0.1, 0.15) is 6.54 Å². The second kappa shape index (κ2) is 8.93. The van der Waals surface area contributed by atoms with E-state index in [0.29, 0.717) is 10.7 Å². The van der Waals surface area contributed by atoms with Crippen LogP contribution in [0.5, 0.6) is 0 Å². The van der Waals surface area contributed by atoms with Crippen molar-refractivity contribution in [2.75, 3.05) is 16.2 Å². The van der Waals surface area contributed by atoms with Gasteiger partial charge in [-0.25, -0.2) is 8.42 Å². The fraction of sp³-hybridized carbons (Fsp3) is 0.0500. The summed E-state index contributed by atoms with van der Waals surface area (Å²) in [7, 11) is -4.07. The van der Waals surface area contributed by atoms with Crippen LogP contribution in [0.3, 0.4) is 0 Å². The van der Waals surface area contributed by atoms with Crippen molar-refractivity contribution >= 4 is 44.6 Å². The lowest BCUT2D eigenvalue weighted by molar-refractivity contribution is -0.384. The van der Waals surface area contributed by atoms with Gasteiger partial charge in [0, 0.05) is 22.8 Å². The summed E-state index contributed by atoms with van der Waals surface area (Å²) in [5.41, 5.74) is 0.286. The normalized spacial score (nSPS) is 11.0. The van der Waals surface area contributed by atoms with Crippen molar-refractivity contribution in [3.63, 3.8) is 0 Å². The van der Waals surface area contributed by atoms with Crippen LogP contribution in [0, 0.1) is 10.1 Å². The maximum atomic E-state index is 13.2. The highest BCUT2D eigenvalue weighted by atomic mass is 35.5. The molecule has 3 aromatic rings. The van der Waals surface area contributed by atoms with E-state index in [0.717, 1.165) is 4.31 Å². The van der Waals surface area contributed by atoms with Crippen molar-refractivity contribution in [3.8, 4) is 0 Å². The smallest absolute Gasteiger partial charge is 0.271 e. The fourth-order valence-electron chi connectivity index (χ4n) is 2.67. The molecule has 0 aliphatic carbocycles. The van der Waals surface area contributed by atoms with Crippen molar-refractivity contribution < 1.29 is 18.1 Å². The Hall–Kier alpha value is -3.43. The lowest BCUT2D eigenvalue weighted by Gasteiger charge is -2.24. The minimum Gasteiger partial charge on any atom is -0.324 e. The summed E-state index contributed by atoms with van der Waals surface area (Å²) in [6, 6.07) is 19.1. The standard InChI is InChI=1S/C20H16ClN3O5S/c21-15-9-11-19(12-10-15)30(28,29)23(17-6-2-1-3-7-17)14-20(25)22-16-5-4-8-18(13-16)24(26)27/h1-13H,14H2,(H,22,25). The molecule has 0 bridgehead atoms. The first kappa shape index (κ1) is 21.3. The maximum absolute atomic E-state index is 13.2. The lowest BCUT2D eigenvalue weighted by Crippen LogP contribution is -2.38. The van der Waals surface area contributed by atoms with Gasteiger partial charge in [-0.05, 0) is 42.5 Å². The van der Waals surface area contributed by atoms with Gasteiger partial charge in [-0.2, -0.15) is 0 Å². The molecule has 30 heavy (non-hydrogen) atoms. The molecular formula is C20H16ClN3O5S. The molecule has 3 rings (SSSR count). The molecule has 0 aromatic heterocycles. The molecule has 3 aromatic carbocycles. The van der Waals surface area contributed by atoms with E-state index in [1.165, 1.54) is 48.5 Å². The molecule has 0 heterocycles. The minimum absolute atomic E-state index is 0.0288. The number of nitrogens with zero attached hydrogens (tertiary/aromatic N) is 2. The number of hydrogen-bond donors (Lipinski definition) is 1. The molecule has 154 valence electrons. The summed E-state index contributed by atoms with van der Waals surface area (Å²) in [5, 5.41) is 13.8. The van der Waals surface area contributed by atoms with E-state index in [-0.39, 0.29) is 16.3 Å². The largest absolute Gasteiger partial charge is 0.324 e. The minimum atomic E-state index is -4.07. The molecule has 1 N–H and O–H groups in total. The number of carbonyl (C=O) groups is 1. The molecule has 1 amide bonds. The maximum Gasteiger partial charge on any atom is 0.271 e. The number of amides is 1. The number of nitrogens with one attached hydrogen (secondary N) is 1. The SMILES string of the molecule is O=C(CN(c1ccccc1)S(=O)(=O)c1ccc(Cl)cc1)Nc1cccc([N+](=O)[O-])c1. The zero-order chi connectivity index (χ0) is 21.7. The van der Waals surface area contributed by atoms with Gasteiger partial charge in [0.15, 0.2) is 0 Å². The topological polar surface area (TPSA) is 110 Å². The summed E-state index contributed by atoms with van der Waals surface area (Å²) in [6.45, 7) is -0.530. The van der Waals surface area contributed by atoms with Crippen LogP contribution in [0.4, 0.5) is 17.1 Å². The number of halogens is 1. The highest BCUT2D eigenvalue weighted by Crippen LogP contribution is 2.25. The van der Waals surface area contributed by atoms with Crippen LogP contribution in [0.15, 0.2) is 83.8 Å². The molecule has 10 heteroatoms. The van der Waals surface area contributed by atoms with Crippen molar-refractivity contribution in [1.29, 1.82) is 0 Å². The van der Waals surface area contributed by atoms with E-state index in [4.69, 9.17) is 11.6 Å². The monoisotopic (exact) mass is 445 g/mol. The summed E-state index contributed by atoms with van der Waals surface area (Å²) in [6.07, 6.45) is 0. The average Bonchev–Trinajstić information content (AvgIpc) is 2.73. The van der Waals surface area contributed by atoms with E-state index < -0.39 is 27.4 Å². The summed E-state index contributed by atoms with van der Waals surface area (Å²) < 4.78 is 27.3. The molecular weight excluding hydrogens is 430 g/mol. The van der Waals surface area contributed by atoms with Crippen LogP contribution in [0.2, 0.25) is 5.02 Å². The third kappa shape index (κ3) is 4.94. The van der Waals surface area contributed by atoms with E-state index in [9.17, 15) is 23.3 Å². The van der Waals surface area contributed by atoms with Crippen molar-refractivity contribution in [2.45, 2.75) is 4.90 Å². The Kier molecular flexibility index (Phi) is 6.34. The average molecular weight is 446 g/mol. The van der Waals surface area contributed by atoms with E-state index in [1.54, 1.807) is 30.3 Å². The van der Waals surface area contributed by atoms with E-state index >= 15 is 0 Å². The molecule has 0 aliphatic heterocycles. The Morgan fingerprint density at radius 1 is 1.00 bits per heavy atom. The van der Waals surface area contributed by atoms with Gasteiger partial charge in [0.05, 0.1) is 15.5 Å². The highest BCUT2D eigenvalue weighted by molar-refractivity contribution is 7.92. The van der Waals surface area contributed by atoms with Crippen LogP contribution in [-0.2, 0) is 14.8 Å². The third-order valence-corrected chi connectivity index (χ3v) is 6.11. The molecule has 0 saturated carbocycles. The number of carbonyl (C=O) groups excluding carboxylic acids is 1. The van der Waals surface area contributed by atoms with Crippen LogP contribution < -0.4 is 9.62 Å². The summed E-state index contributed by atoms with van der Waals surface area (Å²) in [4.78, 5) is 22.9. The predicted octanol–water partition coefficient (Wildman–Crippen LogP) is 4.08. The number of rotatable bonds is 7. The van der Waals surface area contributed by atoms with Crippen molar-refractivity contribution in [2.24, 2.45) is 0 Å². The molecule has 0 spiro atoms. The molecule has 0 aliphatic rings. The first-order valence-corrected chi connectivity index (χ1v) is 10.5. The molecule has 0 unspecified atom stereocenters. The number of non-ortho nitro benzene ring substituents is 1. The Balaban J connectivity index is 1.90. The van der Waals surface area contributed by atoms with Crippen LogP contribution in [0.1, 0.15) is 0 Å². The van der Waals surface area contributed by atoms with Gasteiger partial charge < -0.3 is 5.32 Å². The zero-order valence-electron chi connectivity index (χ0n) is 15.4. The fourth-order valence-corrected chi connectivity index (χ4v) is 4.22. The molecule has 0 saturated heterocycles. The number of benzene rings is 3. The van der Waals surface area contributed by atoms with Gasteiger partial charge in [-0.1, -0.05) is 35.9 Å². The van der Waals surface area contributed by atoms with Gasteiger partial charge in [0.25, 0.3) is 15.7 Å². The van der Waals surface area contributed by atoms with Crippen LogP contribution in [-0.4, -0.2) is 25.8 Å².